The number of hydrogen-bond donors (Lipinski definition) is 1. The second-order valence-electron chi connectivity index (χ2n) is 5.53. The summed E-state index contributed by atoms with van der Waals surface area (Å²) < 4.78 is 20.4. The van der Waals surface area contributed by atoms with Gasteiger partial charge in [-0.05, 0) is 31.2 Å². The van der Waals surface area contributed by atoms with Crippen molar-refractivity contribution in [2.45, 2.75) is 19.5 Å². The summed E-state index contributed by atoms with van der Waals surface area (Å²) in [6, 6.07) is 7.74. The highest BCUT2D eigenvalue weighted by Crippen LogP contribution is 2.30. The first-order valence-corrected chi connectivity index (χ1v) is 8.41. The number of benzene rings is 1. The summed E-state index contributed by atoms with van der Waals surface area (Å²) >= 11 is 3.49. The molecule has 0 aliphatic carbocycles. The number of nitrogens with one attached hydrogen (secondary N) is 1. The topological polar surface area (TPSA) is 54.5 Å². The highest BCUT2D eigenvalue weighted by molar-refractivity contribution is 9.10. The minimum absolute atomic E-state index is 0.221. The number of nitrogens with zero attached hydrogens (tertiary/aromatic N) is 2. The molecule has 126 valence electrons. The Morgan fingerprint density at radius 1 is 1.42 bits per heavy atom. The zero-order valence-electron chi connectivity index (χ0n) is 13.1. The van der Waals surface area contributed by atoms with Gasteiger partial charge in [0.2, 0.25) is 0 Å². The van der Waals surface area contributed by atoms with Crippen molar-refractivity contribution in [3.05, 3.63) is 58.1 Å². The highest BCUT2D eigenvalue weighted by Gasteiger charge is 2.23. The van der Waals surface area contributed by atoms with E-state index >= 15 is 0 Å². The molecule has 0 spiro atoms. The van der Waals surface area contributed by atoms with Gasteiger partial charge in [-0.25, -0.2) is 9.18 Å². The lowest BCUT2D eigenvalue weighted by molar-refractivity contribution is 0.184. The molecule has 5 nitrogen and oxygen atoms in total. The van der Waals surface area contributed by atoms with Crippen LogP contribution in [0, 0.1) is 5.82 Å². The minimum atomic E-state index is -0.526. The summed E-state index contributed by atoms with van der Waals surface area (Å²) in [5.41, 5.74) is 1.14. The van der Waals surface area contributed by atoms with Crippen LogP contribution >= 0.6 is 15.9 Å². The van der Waals surface area contributed by atoms with Gasteiger partial charge in [-0.1, -0.05) is 22.0 Å². The van der Waals surface area contributed by atoms with Crippen molar-refractivity contribution in [2.75, 3.05) is 13.2 Å². The Kier molecular flexibility index (Phi) is 4.99. The smallest absolute Gasteiger partial charge is 0.318 e. The van der Waals surface area contributed by atoms with E-state index in [0.717, 1.165) is 15.8 Å². The number of aromatic nitrogens is 1. The number of ether oxygens (including phenoxy) is 1. The number of urea groups is 1. The van der Waals surface area contributed by atoms with Gasteiger partial charge in [0.25, 0.3) is 0 Å². The summed E-state index contributed by atoms with van der Waals surface area (Å²) in [5.74, 6) is 0.334. The van der Waals surface area contributed by atoms with Crippen LogP contribution in [0.1, 0.15) is 24.2 Å². The molecule has 0 bridgehead atoms. The van der Waals surface area contributed by atoms with E-state index in [2.05, 4.69) is 26.2 Å². The number of carbonyl (C=O) groups excluding carboxylic acids is 1. The van der Waals surface area contributed by atoms with Gasteiger partial charge in [0.05, 0.1) is 24.8 Å². The molecule has 0 unspecified atom stereocenters. The molecule has 1 aromatic carbocycles. The van der Waals surface area contributed by atoms with Crippen LogP contribution < -0.4 is 10.1 Å². The van der Waals surface area contributed by atoms with Crippen LogP contribution in [-0.2, 0) is 6.54 Å². The van der Waals surface area contributed by atoms with Crippen molar-refractivity contribution in [1.29, 1.82) is 0 Å². The van der Waals surface area contributed by atoms with Crippen molar-refractivity contribution in [2.24, 2.45) is 0 Å². The van der Waals surface area contributed by atoms with Gasteiger partial charge in [0.15, 0.2) is 0 Å². The van der Waals surface area contributed by atoms with Crippen molar-refractivity contribution in [1.82, 2.24) is 15.2 Å². The van der Waals surface area contributed by atoms with Gasteiger partial charge < -0.3 is 15.0 Å². The zero-order valence-corrected chi connectivity index (χ0v) is 14.7. The average Bonchev–Trinajstić information content (AvgIpc) is 2.78. The molecule has 3 rings (SSSR count). The van der Waals surface area contributed by atoms with E-state index in [1.807, 2.05) is 18.2 Å². The first kappa shape index (κ1) is 16.7. The third-order valence-electron chi connectivity index (χ3n) is 3.87. The molecule has 7 heteroatoms. The average molecular weight is 394 g/mol. The molecule has 1 aliphatic heterocycles. The molecule has 2 heterocycles. The lowest BCUT2D eigenvalue weighted by atomic mass is 10.2. The lowest BCUT2D eigenvalue weighted by Crippen LogP contribution is -2.42. The Hall–Kier alpha value is -2.15. The van der Waals surface area contributed by atoms with Gasteiger partial charge in [0.1, 0.15) is 18.2 Å². The third-order valence-corrected chi connectivity index (χ3v) is 4.61. The first-order chi connectivity index (χ1) is 11.6. The van der Waals surface area contributed by atoms with Gasteiger partial charge >= 0.3 is 6.03 Å². The first-order valence-electron chi connectivity index (χ1n) is 7.62. The minimum Gasteiger partial charge on any atom is -0.491 e. The van der Waals surface area contributed by atoms with Crippen LogP contribution in [0.25, 0.3) is 0 Å². The van der Waals surface area contributed by atoms with Gasteiger partial charge in [0, 0.05) is 16.2 Å². The summed E-state index contributed by atoms with van der Waals surface area (Å²) in [4.78, 5) is 18.2. The maximum absolute atomic E-state index is 13.8. The van der Waals surface area contributed by atoms with E-state index in [0.29, 0.717) is 19.7 Å². The number of halogens is 2. The number of pyridine rings is 1. The standard InChI is InChI=1S/C17H17BrFN3O2/c1-11(16-14(19)5-3-7-20-16)21-17(23)22-8-9-24-15-6-2-4-13(18)12(15)10-22/h2-7,11H,8-10H2,1H3,(H,21,23)/t11-/m0/s1. The Bertz CT molecular complexity index is 756. The van der Waals surface area contributed by atoms with E-state index in [4.69, 9.17) is 4.74 Å². The van der Waals surface area contributed by atoms with Crippen molar-refractivity contribution < 1.29 is 13.9 Å². The fraction of sp³-hybridized carbons (Fsp3) is 0.294. The lowest BCUT2D eigenvalue weighted by Gasteiger charge is -2.23. The maximum atomic E-state index is 13.8. The fourth-order valence-corrected chi connectivity index (χ4v) is 3.07. The highest BCUT2D eigenvalue weighted by atomic mass is 79.9. The molecule has 0 saturated heterocycles. The van der Waals surface area contributed by atoms with Crippen LogP contribution in [0.3, 0.4) is 0 Å². The van der Waals surface area contributed by atoms with Crippen LogP contribution in [0.15, 0.2) is 41.0 Å². The molecule has 2 aromatic rings. The van der Waals surface area contributed by atoms with Crippen LogP contribution in [-0.4, -0.2) is 29.1 Å². The van der Waals surface area contributed by atoms with E-state index in [1.165, 1.54) is 18.3 Å². The molecule has 24 heavy (non-hydrogen) atoms. The van der Waals surface area contributed by atoms with E-state index in [1.54, 1.807) is 11.8 Å². The number of fused-ring (bicyclic) bond motifs is 1. The summed E-state index contributed by atoms with van der Waals surface area (Å²) in [6.45, 7) is 2.98. The van der Waals surface area contributed by atoms with Crippen LogP contribution in [0.5, 0.6) is 5.75 Å². The fourth-order valence-electron chi connectivity index (χ4n) is 2.60. The predicted octanol–water partition coefficient (Wildman–Crippen LogP) is 3.65. The Morgan fingerprint density at radius 3 is 3.04 bits per heavy atom. The molecule has 0 fully saturated rings. The van der Waals surface area contributed by atoms with Gasteiger partial charge in [-0.2, -0.15) is 0 Å². The number of amides is 2. The zero-order chi connectivity index (χ0) is 17.1. The molecule has 1 aliphatic rings. The summed E-state index contributed by atoms with van der Waals surface area (Å²) in [5, 5.41) is 2.80. The number of carbonyl (C=O) groups is 1. The summed E-state index contributed by atoms with van der Waals surface area (Å²) in [7, 11) is 0. The molecule has 1 aromatic heterocycles. The number of hydrogen-bond acceptors (Lipinski definition) is 3. The van der Waals surface area contributed by atoms with E-state index in [9.17, 15) is 9.18 Å². The normalized spacial score (nSPS) is 15.0. The predicted molar refractivity (Wildman–Crippen MR) is 91.2 cm³/mol. The van der Waals surface area contributed by atoms with E-state index in [-0.39, 0.29) is 11.7 Å². The molecule has 1 N–H and O–H groups in total. The Labute approximate surface area is 148 Å². The molecule has 0 radical (unpaired) electrons. The molecule has 1 atom stereocenters. The van der Waals surface area contributed by atoms with E-state index < -0.39 is 11.9 Å². The molecule has 0 saturated carbocycles. The Balaban J connectivity index is 1.73. The molecule has 2 amide bonds. The SMILES string of the molecule is C[C@H](NC(=O)N1CCOc2cccc(Br)c2C1)c1ncccc1F. The largest absolute Gasteiger partial charge is 0.491 e. The molecular formula is C17H17BrFN3O2. The van der Waals surface area contributed by atoms with Crippen molar-refractivity contribution >= 4 is 22.0 Å². The van der Waals surface area contributed by atoms with Crippen LogP contribution in [0.4, 0.5) is 9.18 Å². The second-order valence-corrected chi connectivity index (χ2v) is 6.38. The summed E-state index contributed by atoms with van der Waals surface area (Å²) in [6.07, 6.45) is 1.51. The monoisotopic (exact) mass is 393 g/mol. The second kappa shape index (κ2) is 7.17. The Morgan fingerprint density at radius 2 is 2.25 bits per heavy atom. The molecular weight excluding hydrogens is 377 g/mol. The quantitative estimate of drug-likeness (QED) is 0.846. The van der Waals surface area contributed by atoms with Gasteiger partial charge in [-0.3, -0.25) is 4.98 Å². The van der Waals surface area contributed by atoms with Crippen molar-refractivity contribution in [3.8, 4) is 5.75 Å². The third kappa shape index (κ3) is 3.51. The van der Waals surface area contributed by atoms with Crippen LogP contribution in [0.2, 0.25) is 0 Å². The maximum Gasteiger partial charge on any atom is 0.318 e. The number of rotatable bonds is 2. The van der Waals surface area contributed by atoms with Gasteiger partial charge in [-0.15, -0.1) is 0 Å². The van der Waals surface area contributed by atoms with Crippen molar-refractivity contribution in [3.63, 3.8) is 0 Å².